The number of halogens is 4. The van der Waals surface area contributed by atoms with Gasteiger partial charge in [-0.3, -0.25) is 0 Å². The summed E-state index contributed by atoms with van der Waals surface area (Å²) in [5, 5.41) is 0. The van der Waals surface area contributed by atoms with Crippen molar-refractivity contribution in [1.29, 1.82) is 0 Å². The molecule has 0 aliphatic heterocycles. The summed E-state index contributed by atoms with van der Waals surface area (Å²) in [6.45, 7) is 2.29. The van der Waals surface area contributed by atoms with Gasteiger partial charge in [0.05, 0.1) is 0 Å². The van der Waals surface area contributed by atoms with Crippen LogP contribution in [0.2, 0.25) is 0 Å². The highest BCUT2D eigenvalue weighted by molar-refractivity contribution is 9.10. The third kappa shape index (κ3) is 6.03. The molecule has 22 heavy (non-hydrogen) atoms. The predicted molar refractivity (Wildman–Crippen MR) is 97.0 cm³/mol. The number of alkyl halides is 4. The molecule has 1 unspecified atom stereocenters. The molecular weight excluding hydrogens is 414 g/mol. The maximum Gasteiger partial charge on any atom is 0.302 e. The van der Waals surface area contributed by atoms with Crippen LogP contribution in [-0.4, -0.2) is 9.66 Å². The highest BCUT2D eigenvalue weighted by Crippen LogP contribution is 2.45. The molecule has 0 N–H and O–H groups in total. The zero-order chi connectivity index (χ0) is 16.2. The summed E-state index contributed by atoms with van der Waals surface area (Å²) in [5.74, 6) is 3.19. The Kier molecular flexibility index (Phi) is 7.64. The molecule has 0 saturated heterocycles. The Morgan fingerprint density at radius 2 is 1.45 bits per heavy atom. The first-order valence-electron chi connectivity index (χ1n) is 9.09. The highest BCUT2D eigenvalue weighted by Gasteiger charge is 2.36. The van der Waals surface area contributed by atoms with Gasteiger partial charge in [-0.25, -0.2) is 0 Å². The molecule has 0 radical (unpaired) electrons. The summed E-state index contributed by atoms with van der Waals surface area (Å²) in [5.41, 5.74) is 0. The quantitative estimate of drug-likeness (QED) is 0.372. The molecule has 0 amide bonds. The van der Waals surface area contributed by atoms with E-state index in [-0.39, 0.29) is 11.2 Å². The number of rotatable bonds is 6. The minimum atomic E-state index is -2.73. The van der Waals surface area contributed by atoms with Gasteiger partial charge in [-0.1, -0.05) is 48.5 Å². The largest absolute Gasteiger partial charge is 0.302 e. The lowest BCUT2D eigenvalue weighted by atomic mass is 9.68. The third-order valence-corrected chi connectivity index (χ3v) is 7.40. The zero-order valence-electron chi connectivity index (χ0n) is 13.7. The second-order valence-electron chi connectivity index (χ2n) is 7.58. The van der Waals surface area contributed by atoms with Crippen LogP contribution >= 0.6 is 31.9 Å². The van der Waals surface area contributed by atoms with Gasteiger partial charge in [-0.2, -0.15) is 8.78 Å². The first kappa shape index (κ1) is 19.1. The van der Waals surface area contributed by atoms with Crippen LogP contribution < -0.4 is 0 Å². The van der Waals surface area contributed by atoms with E-state index in [4.69, 9.17) is 0 Å². The minimum absolute atomic E-state index is 0.0527. The first-order chi connectivity index (χ1) is 10.4. The van der Waals surface area contributed by atoms with E-state index in [0.717, 1.165) is 30.6 Å². The Labute approximate surface area is 151 Å². The average molecular weight is 444 g/mol. The first-order valence-corrected chi connectivity index (χ1v) is 10.8. The smallest absolute Gasteiger partial charge is 0.194 e. The molecule has 0 nitrogen and oxygen atoms in total. The van der Waals surface area contributed by atoms with E-state index < -0.39 is 4.83 Å². The Bertz CT molecular complexity index is 314. The maximum atomic E-state index is 13.1. The monoisotopic (exact) mass is 442 g/mol. The maximum absolute atomic E-state index is 13.1. The molecule has 2 saturated carbocycles. The van der Waals surface area contributed by atoms with Gasteiger partial charge in [0.25, 0.3) is 0 Å². The summed E-state index contributed by atoms with van der Waals surface area (Å²) >= 11 is 5.98. The van der Waals surface area contributed by atoms with Crippen molar-refractivity contribution >= 4 is 31.9 Å². The van der Waals surface area contributed by atoms with Crippen LogP contribution in [0.5, 0.6) is 0 Å². The molecule has 0 aromatic carbocycles. The normalized spacial score (nSPS) is 35.3. The van der Waals surface area contributed by atoms with Gasteiger partial charge in [0.1, 0.15) is 0 Å². The van der Waals surface area contributed by atoms with Gasteiger partial charge in [0.15, 0.2) is 0 Å². The summed E-state index contributed by atoms with van der Waals surface area (Å²) in [6, 6.07) is 0. The van der Waals surface area contributed by atoms with Crippen LogP contribution in [0.3, 0.4) is 0 Å². The Morgan fingerprint density at radius 1 is 0.955 bits per heavy atom. The van der Waals surface area contributed by atoms with Crippen molar-refractivity contribution in [2.24, 2.45) is 23.7 Å². The molecule has 130 valence electrons. The van der Waals surface area contributed by atoms with E-state index in [9.17, 15) is 8.78 Å². The second-order valence-corrected chi connectivity index (χ2v) is 9.92. The minimum Gasteiger partial charge on any atom is -0.194 e. The third-order valence-electron chi connectivity index (χ3n) is 6.01. The van der Waals surface area contributed by atoms with Gasteiger partial charge in [0.2, 0.25) is 0 Å². The summed E-state index contributed by atoms with van der Waals surface area (Å²) < 4.78 is 26.2. The lowest BCUT2D eigenvalue weighted by molar-refractivity contribution is 0.0889. The number of hydrogen-bond acceptors (Lipinski definition) is 0. The van der Waals surface area contributed by atoms with Crippen LogP contribution in [-0.2, 0) is 0 Å². The lowest BCUT2D eigenvalue weighted by Crippen LogP contribution is -2.30. The molecule has 2 fully saturated rings. The second kappa shape index (κ2) is 8.78. The predicted octanol–water partition coefficient (Wildman–Crippen LogP) is 7.54. The molecular formula is C18H30Br2F2. The standard InChI is InChI=1S/C18H30Br2F2/c1-2-3-13-4-6-14(7-5-13)15-8-10-16(11-9-15)17(19)12-18(20,21)22/h13-17H,2-12H2,1H3. The topological polar surface area (TPSA) is 0 Å². The Balaban J connectivity index is 1.71. The van der Waals surface area contributed by atoms with E-state index in [1.165, 1.54) is 51.4 Å². The van der Waals surface area contributed by atoms with Crippen molar-refractivity contribution in [3.8, 4) is 0 Å². The molecule has 4 heteroatoms. The van der Waals surface area contributed by atoms with Crippen LogP contribution in [0.15, 0.2) is 0 Å². The van der Waals surface area contributed by atoms with Crippen LogP contribution in [0.1, 0.15) is 77.6 Å². The van der Waals surface area contributed by atoms with E-state index in [1.54, 1.807) is 0 Å². The van der Waals surface area contributed by atoms with Crippen LogP contribution in [0.25, 0.3) is 0 Å². The highest BCUT2D eigenvalue weighted by atomic mass is 79.9. The summed E-state index contributed by atoms with van der Waals surface area (Å²) in [7, 11) is 0. The van der Waals surface area contributed by atoms with Crippen LogP contribution in [0.4, 0.5) is 8.78 Å². The molecule has 0 aromatic rings. The molecule has 0 aromatic heterocycles. The van der Waals surface area contributed by atoms with Crippen molar-refractivity contribution in [3.63, 3.8) is 0 Å². The van der Waals surface area contributed by atoms with Crippen LogP contribution in [0, 0.1) is 23.7 Å². The number of hydrogen-bond donors (Lipinski definition) is 0. The fourth-order valence-electron chi connectivity index (χ4n) is 4.72. The van der Waals surface area contributed by atoms with Crippen molar-refractivity contribution in [2.75, 3.05) is 0 Å². The zero-order valence-corrected chi connectivity index (χ0v) is 16.8. The molecule has 0 bridgehead atoms. The van der Waals surface area contributed by atoms with E-state index in [0.29, 0.717) is 5.92 Å². The molecule has 0 heterocycles. The van der Waals surface area contributed by atoms with Crippen molar-refractivity contribution in [2.45, 2.75) is 87.2 Å². The molecule has 2 rings (SSSR count). The molecule has 1 atom stereocenters. The lowest BCUT2D eigenvalue weighted by Gasteiger charge is -2.39. The van der Waals surface area contributed by atoms with Gasteiger partial charge in [0, 0.05) is 11.2 Å². The van der Waals surface area contributed by atoms with Crippen molar-refractivity contribution < 1.29 is 8.78 Å². The van der Waals surface area contributed by atoms with Crippen molar-refractivity contribution in [1.82, 2.24) is 0 Å². The van der Waals surface area contributed by atoms with Gasteiger partial charge in [-0.05, 0) is 78.1 Å². The summed E-state index contributed by atoms with van der Waals surface area (Å²) in [4.78, 5) is -2.78. The van der Waals surface area contributed by atoms with Crippen molar-refractivity contribution in [3.05, 3.63) is 0 Å². The van der Waals surface area contributed by atoms with Gasteiger partial charge in [-0.15, -0.1) is 0 Å². The average Bonchev–Trinajstić information content (AvgIpc) is 2.47. The van der Waals surface area contributed by atoms with E-state index >= 15 is 0 Å². The van der Waals surface area contributed by atoms with Gasteiger partial charge >= 0.3 is 4.83 Å². The Hall–Kier alpha value is 0.820. The Morgan fingerprint density at radius 3 is 1.91 bits per heavy atom. The molecule has 2 aliphatic carbocycles. The van der Waals surface area contributed by atoms with Gasteiger partial charge < -0.3 is 0 Å². The van der Waals surface area contributed by atoms with E-state index in [2.05, 4.69) is 38.8 Å². The fraction of sp³-hybridized carbons (Fsp3) is 1.00. The molecule has 0 spiro atoms. The SMILES string of the molecule is CCCC1CCC(C2CCC(C(Br)CC(F)(F)Br)CC2)CC1. The fourth-order valence-corrected chi connectivity index (χ4v) is 6.44. The van der Waals surface area contributed by atoms with E-state index in [1.807, 2.05) is 0 Å². The summed E-state index contributed by atoms with van der Waals surface area (Å²) in [6.07, 6.45) is 13.1. The molecule has 2 aliphatic rings.